The first-order valence-electron chi connectivity index (χ1n) is 8.02. The van der Waals surface area contributed by atoms with E-state index in [9.17, 15) is 4.79 Å². The number of hydrazone groups is 1. The molecule has 1 amide bonds. The summed E-state index contributed by atoms with van der Waals surface area (Å²) in [7, 11) is 3.98. The van der Waals surface area contributed by atoms with Gasteiger partial charge in [0.05, 0.1) is 11.9 Å². The fourth-order valence-electron chi connectivity index (χ4n) is 2.62. The quantitative estimate of drug-likeness (QED) is 0.589. The standard InChI is InChI=1S/C19H21N5O/c1-13-5-10-17-21-14(2)18(24(17)12-13)19(25)22-20-11-15-6-8-16(9-7-15)23(3)4/h5-12H,1-4H3,(H,22,25)/b20-11-. The summed E-state index contributed by atoms with van der Waals surface area (Å²) in [5.41, 5.74) is 7.58. The lowest BCUT2D eigenvalue weighted by Crippen LogP contribution is -2.20. The summed E-state index contributed by atoms with van der Waals surface area (Å²) in [6.07, 6.45) is 3.52. The van der Waals surface area contributed by atoms with E-state index in [0.717, 1.165) is 22.5 Å². The summed E-state index contributed by atoms with van der Waals surface area (Å²) in [5.74, 6) is -0.281. The summed E-state index contributed by atoms with van der Waals surface area (Å²) in [6, 6.07) is 11.8. The van der Waals surface area contributed by atoms with E-state index < -0.39 is 0 Å². The number of anilines is 1. The van der Waals surface area contributed by atoms with E-state index in [2.05, 4.69) is 15.5 Å². The molecule has 0 atom stereocenters. The Labute approximate surface area is 146 Å². The minimum Gasteiger partial charge on any atom is -0.378 e. The van der Waals surface area contributed by atoms with Gasteiger partial charge in [0.1, 0.15) is 11.3 Å². The highest BCUT2D eigenvalue weighted by molar-refractivity contribution is 5.95. The first-order chi connectivity index (χ1) is 12.0. The van der Waals surface area contributed by atoms with Gasteiger partial charge in [0.25, 0.3) is 5.91 Å². The lowest BCUT2D eigenvalue weighted by Gasteiger charge is -2.11. The van der Waals surface area contributed by atoms with E-state index in [1.165, 1.54) is 0 Å². The maximum atomic E-state index is 12.5. The SMILES string of the molecule is Cc1ccc2nc(C)c(C(=O)N/N=C\c3ccc(N(C)C)cc3)n2c1. The van der Waals surface area contributed by atoms with Crippen LogP contribution in [0, 0.1) is 13.8 Å². The van der Waals surface area contributed by atoms with Gasteiger partial charge in [-0.2, -0.15) is 5.10 Å². The molecule has 0 saturated carbocycles. The predicted molar refractivity (Wildman–Crippen MR) is 100 cm³/mol. The van der Waals surface area contributed by atoms with Crippen molar-refractivity contribution in [2.75, 3.05) is 19.0 Å². The van der Waals surface area contributed by atoms with E-state index in [-0.39, 0.29) is 5.91 Å². The number of fused-ring (bicyclic) bond motifs is 1. The maximum absolute atomic E-state index is 12.5. The van der Waals surface area contributed by atoms with Crippen LogP contribution in [0.15, 0.2) is 47.7 Å². The predicted octanol–water partition coefficient (Wildman–Crippen LogP) is 2.78. The third-order valence-corrected chi connectivity index (χ3v) is 3.94. The number of amides is 1. The van der Waals surface area contributed by atoms with E-state index in [1.807, 2.05) is 75.4 Å². The van der Waals surface area contributed by atoms with Crippen molar-refractivity contribution in [2.45, 2.75) is 13.8 Å². The number of carbonyl (C=O) groups is 1. The molecule has 0 aliphatic carbocycles. The van der Waals surface area contributed by atoms with Gasteiger partial charge in [-0.25, -0.2) is 10.4 Å². The van der Waals surface area contributed by atoms with Crippen LogP contribution in [-0.4, -0.2) is 35.6 Å². The number of pyridine rings is 1. The molecule has 128 valence electrons. The molecule has 3 aromatic rings. The molecule has 1 N–H and O–H groups in total. The number of aryl methyl sites for hydroxylation is 2. The second-order valence-corrected chi connectivity index (χ2v) is 6.17. The van der Waals surface area contributed by atoms with Crippen molar-refractivity contribution in [3.8, 4) is 0 Å². The monoisotopic (exact) mass is 335 g/mol. The van der Waals surface area contributed by atoms with E-state index >= 15 is 0 Å². The molecule has 0 aliphatic heterocycles. The second-order valence-electron chi connectivity index (χ2n) is 6.17. The lowest BCUT2D eigenvalue weighted by atomic mass is 10.2. The molecule has 2 aromatic heterocycles. The van der Waals surface area contributed by atoms with Crippen LogP contribution < -0.4 is 10.3 Å². The van der Waals surface area contributed by atoms with Crippen LogP contribution in [0.2, 0.25) is 0 Å². The Kier molecular flexibility index (Phi) is 4.52. The number of hydrogen-bond donors (Lipinski definition) is 1. The average Bonchev–Trinajstić information content (AvgIpc) is 2.90. The highest BCUT2D eigenvalue weighted by Crippen LogP contribution is 2.13. The van der Waals surface area contributed by atoms with Crippen LogP contribution >= 0.6 is 0 Å². The normalized spacial score (nSPS) is 11.2. The number of nitrogens with one attached hydrogen (secondary N) is 1. The number of aromatic nitrogens is 2. The van der Waals surface area contributed by atoms with Crippen LogP contribution in [0.1, 0.15) is 27.3 Å². The molecule has 3 rings (SSSR count). The maximum Gasteiger partial charge on any atom is 0.290 e. The van der Waals surface area contributed by atoms with Gasteiger partial charge in [0.15, 0.2) is 0 Å². The van der Waals surface area contributed by atoms with E-state index in [1.54, 1.807) is 10.6 Å². The summed E-state index contributed by atoms with van der Waals surface area (Å²) in [4.78, 5) is 18.9. The first kappa shape index (κ1) is 16.7. The molecule has 2 heterocycles. The third-order valence-electron chi connectivity index (χ3n) is 3.94. The Bertz CT molecular complexity index is 938. The van der Waals surface area contributed by atoms with Gasteiger partial charge < -0.3 is 4.90 Å². The highest BCUT2D eigenvalue weighted by Gasteiger charge is 2.15. The Morgan fingerprint density at radius 1 is 1.16 bits per heavy atom. The van der Waals surface area contributed by atoms with Crippen molar-refractivity contribution in [3.05, 3.63) is 65.1 Å². The fourth-order valence-corrected chi connectivity index (χ4v) is 2.62. The minimum atomic E-state index is -0.281. The third kappa shape index (κ3) is 3.52. The number of nitrogens with zero attached hydrogens (tertiary/aromatic N) is 4. The van der Waals surface area contributed by atoms with Gasteiger partial charge in [0, 0.05) is 26.0 Å². The molecule has 0 unspecified atom stereocenters. The molecule has 0 spiro atoms. The van der Waals surface area contributed by atoms with Crippen LogP contribution in [0.25, 0.3) is 5.65 Å². The van der Waals surface area contributed by atoms with E-state index in [0.29, 0.717) is 11.4 Å². The van der Waals surface area contributed by atoms with Gasteiger partial charge in [-0.3, -0.25) is 9.20 Å². The number of carbonyl (C=O) groups excluding carboxylic acids is 1. The fraction of sp³-hybridized carbons (Fsp3) is 0.211. The van der Waals surface area contributed by atoms with Gasteiger partial charge in [-0.05, 0) is 43.2 Å². The number of benzene rings is 1. The molecule has 0 radical (unpaired) electrons. The zero-order chi connectivity index (χ0) is 18.0. The average molecular weight is 335 g/mol. The molecule has 6 nitrogen and oxygen atoms in total. The number of imidazole rings is 1. The van der Waals surface area contributed by atoms with Crippen molar-refractivity contribution in [3.63, 3.8) is 0 Å². The Balaban J connectivity index is 1.76. The Morgan fingerprint density at radius 3 is 2.56 bits per heavy atom. The van der Waals surface area contributed by atoms with Crippen molar-refractivity contribution in [1.82, 2.24) is 14.8 Å². The summed E-state index contributed by atoms with van der Waals surface area (Å²) in [5, 5.41) is 4.06. The lowest BCUT2D eigenvalue weighted by molar-refractivity contribution is 0.0948. The largest absolute Gasteiger partial charge is 0.378 e. The minimum absolute atomic E-state index is 0.281. The van der Waals surface area contributed by atoms with Gasteiger partial charge in [-0.1, -0.05) is 18.2 Å². The molecule has 0 aliphatic rings. The summed E-state index contributed by atoms with van der Waals surface area (Å²) in [6.45, 7) is 3.80. The molecular formula is C19H21N5O. The van der Waals surface area contributed by atoms with Crippen LogP contribution in [0.5, 0.6) is 0 Å². The van der Waals surface area contributed by atoms with Crippen LogP contribution in [0.3, 0.4) is 0 Å². The molecule has 1 aromatic carbocycles. The van der Waals surface area contributed by atoms with E-state index in [4.69, 9.17) is 0 Å². The van der Waals surface area contributed by atoms with Crippen LogP contribution in [0.4, 0.5) is 5.69 Å². The highest BCUT2D eigenvalue weighted by atomic mass is 16.2. The molecule has 6 heteroatoms. The second kappa shape index (κ2) is 6.76. The van der Waals surface area contributed by atoms with Crippen molar-refractivity contribution < 1.29 is 4.79 Å². The summed E-state index contributed by atoms with van der Waals surface area (Å²) < 4.78 is 1.79. The van der Waals surface area contributed by atoms with Crippen molar-refractivity contribution in [2.24, 2.45) is 5.10 Å². The van der Waals surface area contributed by atoms with Gasteiger partial charge in [0.2, 0.25) is 0 Å². The first-order valence-corrected chi connectivity index (χ1v) is 8.02. The summed E-state index contributed by atoms with van der Waals surface area (Å²) >= 11 is 0. The molecule has 0 saturated heterocycles. The van der Waals surface area contributed by atoms with Gasteiger partial charge >= 0.3 is 0 Å². The Hall–Kier alpha value is -3.15. The van der Waals surface area contributed by atoms with Gasteiger partial charge in [-0.15, -0.1) is 0 Å². The smallest absolute Gasteiger partial charge is 0.290 e. The molecule has 25 heavy (non-hydrogen) atoms. The van der Waals surface area contributed by atoms with Crippen molar-refractivity contribution >= 4 is 23.5 Å². The topological polar surface area (TPSA) is 62.0 Å². The molecule has 0 bridgehead atoms. The zero-order valence-electron chi connectivity index (χ0n) is 14.8. The zero-order valence-corrected chi connectivity index (χ0v) is 14.8. The van der Waals surface area contributed by atoms with Crippen molar-refractivity contribution in [1.29, 1.82) is 0 Å². The number of hydrogen-bond acceptors (Lipinski definition) is 4. The Morgan fingerprint density at radius 2 is 1.88 bits per heavy atom. The molecular weight excluding hydrogens is 314 g/mol. The molecule has 0 fully saturated rings. The van der Waals surface area contributed by atoms with Crippen LogP contribution in [-0.2, 0) is 0 Å². The number of rotatable bonds is 4.